The molecule has 0 radical (unpaired) electrons. The third kappa shape index (κ3) is 5.88. The fraction of sp³-hybridized carbons (Fsp3) is 0.316. The van der Waals surface area contributed by atoms with Gasteiger partial charge in [-0.2, -0.15) is 0 Å². The van der Waals surface area contributed by atoms with E-state index in [9.17, 15) is 13.6 Å². The maximum atomic E-state index is 12.4. The number of carbonyl (C=O) groups is 1. The average Bonchev–Trinajstić information content (AvgIpc) is 2.63. The van der Waals surface area contributed by atoms with Gasteiger partial charge in [-0.25, -0.2) is 13.6 Å². The van der Waals surface area contributed by atoms with Gasteiger partial charge in [-0.3, -0.25) is 0 Å². The summed E-state index contributed by atoms with van der Waals surface area (Å²) in [6.45, 7) is 1.51. The molecule has 4 nitrogen and oxygen atoms in total. The third-order valence-electron chi connectivity index (χ3n) is 3.95. The Kier molecular flexibility index (Phi) is 7.21. The Morgan fingerprint density at radius 2 is 1.96 bits per heavy atom. The summed E-state index contributed by atoms with van der Waals surface area (Å²) < 4.78 is 29.4. The minimum absolute atomic E-state index is 0.158. The largest absolute Gasteiger partial charge is 0.488 e. The molecule has 2 rings (SSSR count). The number of benzene rings is 2. The molecular formula is C19H21ClF2N2O2. The summed E-state index contributed by atoms with van der Waals surface area (Å²) in [6.07, 6.45) is -2.53. The van der Waals surface area contributed by atoms with Gasteiger partial charge in [-0.15, -0.1) is 0 Å². The molecule has 26 heavy (non-hydrogen) atoms. The van der Waals surface area contributed by atoms with Crippen LogP contribution in [0.1, 0.15) is 24.1 Å². The molecule has 1 atom stereocenters. The average molecular weight is 383 g/mol. The quantitative estimate of drug-likeness (QED) is 0.741. The van der Waals surface area contributed by atoms with Crippen LogP contribution in [0.4, 0.5) is 13.6 Å². The highest BCUT2D eigenvalue weighted by Gasteiger charge is 2.17. The van der Waals surface area contributed by atoms with Crippen molar-refractivity contribution in [2.75, 3.05) is 13.7 Å². The number of ether oxygens (including phenoxy) is 1. The van der Waals surface area contributed by atoms with Gasteiger partial charge in [0, 0.05) is 18.6 Å². The van der Waals surface area contributed by atoms with Crippen molar-refractivity contribution in [2.45, 2.75) is 25.9 Å². The number of nitrogens with one attached hydrogen (secondary N) is 1. The molecule has 0 aliphatic heterocycles. The van der Waals surface area contributed by atoms with E-state index in [4.69, 9.17) is 16.3 Å². The highest BCUT2D eigenvalue weighted by atomic mass is 35.5. The smallest absolute Gasteiger partial charge is 0.317 e. The Morgan fingerprint density at radius 1 is 1.23 bits per heavy atom. The molecule has 1 unspecified atom stereocenters. The molecule has 1 N–H and O–H groups in total. The number of hydrogen-bond acceptors (Lipinski definition) is 2. The molecule has 2 aromatic rings. The molecule has 0 saturated carbocycles. The molecule has 0 aliphatic rings. The summed E-state index contributed by atoms with van der Waals surface area (Å²) in [5.74, 6) is 0.345. The third-order valence-corrected chi connectivity index (χ3v) is 4.19. The normalized spacial score (nSPS) is 11.9. The molecule has 0 aromatic heterocycles. The standard InChI is InChI=1S/C19H21ClF2N2O2/c1-13(15-6-4-7-16(20)10-15)24(2)19(25)23-11-14-5-3-8-17(9-14)26-12-18(21)22/h3-10,13,18H,11-12H2,1-2H3,(H,23,25). The van der Waals surface area contributed by atoms with E-state index >= 15 is 0 Å². The van der Waals surface area contributed by atoms with Crippen molar-refractivity contribution >= 4 is 17.6 Å². The van der Waals surface area contributed by atoms with E-state index in [1.54, 1.807) is 42.3 Å². The Hall–Kier alpha value is -2.34. The number of amides is 2. The topological polar surface area (TPSA) is 41.6 Å². The van der Waals surface area contributed by atoms with Crippen LogP contribution in [0.5, 0.6) is 5.75 Å². The van der Waals surface area contributed by atoms with E-state index in [-0.39, 0.29) is 18.6 Å². The molecular weight excluding hydrogens is 362 g/mol. The maximum absolute atomic E-state index is 12.4. The van der Waals surface area contributed by atoms with Crippen LogP contribution in [0, 0.1) is 0 Å². The van der Waals surface area contributed by atoms with Gasteiger partial charge in [-0.1, -0.05) is 35.9 Å². The van der Waals surface area contributed by atoms with Crippen molar-refractivity contribution in [3.63, 3.8) is 0 Å². The van der Waals surface area contributed by atoms with Gasteiger partial charge in [0.2, 0.25) is 0 Å². The first-order chi connectivity index (χ1) is 12.4. The van der Waals surface area contributed by atoms with E-state index in [0.717, 1.165) is 11.1 Å². The molecule has 2 amide bonds. The van der Waals surface area contributed by atoms with Crippen molar-refractivity contribution in [1.82, 2.24) is 10.2 Å². The van der Waals surface area contributed by atoms with Crippen LogP contribution in [-0.4, -0.2) is 31.0 Å². The number of nitrogens with zero attached hydrogens (tertiary/aromatic N) is 1. The number of rotatable bonds is 7. The summed E-state index contributed by atoms with van der Waals surface area (Å²) in [7, 11) is 1.70. The van der Waals surface area contributed by atoms with Gasteiger partial charge in [0.25, 0.3) is 6.43 Å². The second-order valence-corrected chi connectivity index (χ2v) is 6.29. The number of urea groups is 1. The van der Waals surface area contributed by atoms with Gasteiger partial charge >= 0.3 is 6.03 Å². The van der Waals surface area contributed by atoms with Crippen molar-refractivity contribution < 1.29 is 18.3 Å². The minimum atomic E-state index is -2.53. The Balaban J connectivity index is 1.92. The lowest BCUT2D eigenvalue weighted by atomic mass is 10.1. The zero-order valence-corrected chi connectivity index (χ0v) is 15.3. The number of alkyl halides is 2. The molecule has 0 saturated heterocycles. The molecule has 0 heterocycles. The first kappa shape index (κ1) is 20.0. The predicted octanol–water partition coefficient (Wildman–Crippen LogP) is 4.89. The summed E-state index contributed by atoms with van der Waals surface area (Å²) in [5, 5.41) is 3.42. The number of carbonyl (C=O) groups excluding carboxylic acids is 1. The Morgan fingerprint density at radius 3 is 2.65 bits per heavy atom. The van der Waals surface area contributed by atoms with Crippen molar-refractivity contribution in [2.24, 2.45) is 0 Å². The summed E-state index contributed by atoms with van der Waals surface area (Å²) in [6, 6.07) is 13.6. The molecule has 0 aliphatic carbocycles. The Labute approximate surface area is 156 Å². The lowest BCUT2D eigenvalue weighted by Gasteiger charge is -2.25. The van der Waals surface area contributed by atoms with E-state index in [1.807, 2.05) is 25.1 Å². The number of halogens is 3. The molecule has 0 bridgehead atoms. The van der Waals surface area contributed by atoms with Gasteiger partial charge in [-0.05, 0) is 42.3 Å². The van der Waals surface area contributed by atoms with Gasteiger partial charge in [0.1, 0.15) is 12.4 Å². The van der Waals surface area contributed by atoms with Crippen molar-refractivity contribution in [1.29, 1.82) is 0 Å². The van der Waals surface area contributed by atoms with Gasteiger partial charge in [0.05, 0.1) is 6.04 Å². The Bertz CT molecular complexity index is 743. The van der Waals surface area contributed by atoms with Crippen LogP contribution in [0.2, 0.25) is 5.02 Å². The maximum Gasteiger partial charge on any atom is 0.317 e. The minimum Gasteiger partial charge on any atom is -0.488 e. The molecule has 140 valence electrons. The van der Waals surface area contributed by atoms with Crippen molar-refractivity contribution in [3.05, 3.63) is 64.7 Å². The molecule has 7 heteroatoms. The zero-order valence-electron chi connectivity index (χ0n) is 14.6. The zero-order chi connectivity index (χ0) is 19.1. The predicted molar refractivity (Wildman–Crippen MR) is 97.8 cm³/mol. The first-order valence-electron chi connectivity index (χ1n) is 8.13. The molecule has 2 aromatic carbocycles. The van der Waals surface area contributed by atoms with E-state index in [1.165, 1.54) is 0 Å². The van der Waals surface area contributed by atoms with Crippen LogP contribution in [0.25, 0.3) is 0 Å². The SMILES string of the molecule is CC(c1cccc(Cl)c1)N(C)C(=O)NCc1cccc(OCC(F)F)c1. The summed E-state index contributed by atoms with van der Waals surface area (Å²) in [5.41, 5.74) is 1.69. The highest BCUT2D eigenvalue weighted by Crippen LogP contribution is 2.22. The highest BCUT2D eigenvalue weighted by molar-refractivity contribution is 6.30. The van der Waals surface area contributed by atoms with Crippen LogP contribution in [0.3, 0.4) is 0 Å². The van der Waals surface area contributed by atoms with Crippen molar-refractivity contribution in [3.8, 4) is 5.75 Å². The second-order valence-electron chi connectivity index (χ2n) is 5.85. The van der Waals surface area contributed by atoms with Crippen LogP contribution < -0.4 is 10.1 Å². The summed E-state index contributed by atoms with van der Waals surface area (Å²) in [4.78, 5) is 13.9. The van der Waals surface area contributed by atoms with Crippen LogP contribution in [0.15, 0.2) is 48.5 Å². The van der Waals surface area contributed by atoms with Gasteiger partial charge in [0.15, 0.2) is 0 Å². The second kappa shape index (κ2) is 9.38. The van der Waals surface area contributed by atoms with E-state index in [0.29, 0.717) is 10.8 Å². The van der Waals surface area contributed by atoms with E-state index < -0.39 is 13.0 Å². The fourth-order valence-corrected chi connectivity index (χ4v) is 2.57. The monoisotopic (exact) mass is 382 g/mol. The lowest BCUT2D eigenvalue weighted by molar-refractivity contribution is 0.0818. The summed E-state index contributed by atoms with van der Waals surface area (Å²) >= 11 is 6.00. The van der Waals surface area contributed by atoms with Crippen LogP contribution >= 0.6 is 11.6 Å². The molecule has 0 fully saturated rings. The van der Waals surface area contributed by atoms with Gasteiger partial charge < -0.3 is 15.0 Å². The molecule has 0 spiro atoms. The fourth-order valence-electron chi connectivity index (χ4n) is 2.37. The lowest BCUT2D eigenvalue weighted by Crippen LogP contribution is -2.38. The van der Waals surface area contributed by atoms with E-state index in [2.05, 4.69) is 5.32 Å². The van der Waals surface area contributed by atoms with Crippen LogP contribution in [-0.2, 0) is 6.54 Å². The number of hydrogen-bond donors (Lipinski definition) is 1. The first-order valence-corrected chi connectivity index (χ1v) is 8.50.